The number of nitrogens with two attached hydrogens (primary N) is 2. The van der Waals surface area contributed by atoms with E-state index in [4.69, 9.17) is 11.5 Å². The number of aromatic nitrogens is 2. The molecule has 0 amide bonds. The number of amidine groups is 1. The van der Waals surface area contributed by atoms with Gasteiger partial charge in [0.05, 0.1) is 16.8 Å². The molecule has 2 aliphatic heterocycles. The second-order valence-corrected chi connectivity index (χ2v) is 10.1. The van der Waals surface area contributed by atoms with E-state index in [1.54, 1.807) is 13.0 Å². The van der Waals surface area contributed by atoms with E-state index < -0.39 is 0 Å². The van der Waals surface area contributed by atoms with Crippen LogP contribution < -0.4 is 22.1 Å². The van der Waals surface area contributed by atoms with E-state index in [0.29, 0.717) is 47.7 Å². The highest BCUT2D eigenvalue weighted by Crippen LogP contribution is 2.33. The number of thiophene rings is 1. The maximum atomic E-state index is 12.6. The number of rotatable bonds is 7. The molecular weight excluding hydrogens is 424 g/mol. The summed E-state index contributed by atoms with van der Waals surface area (Å²) in [4.78, 5) is 28.3. The number of carbonyl (C=O) groups excluding carboxylic acids is 1. The predicted octanol–water partition coefficient (Wildman–Crippen LogP) is 1.98. The number of Topliss-reactive ketones (excluding diaryl/α,β-unsaturated/α-hetero) is 1. The summed E-state index contributed by atoms with van der Waals surface area (Å²) in [6.07, 6.45) is 5.27. The SMILES string of the molecule is C/C(N)=C/C(N)=Nc1nc(NC2C[C@@H]3CC(C(=O)CN(C)C)C[C@H](C2)N3)nc2ccsc12. The molecule has 0 spiro atoms. The van der Waals surface area contributed by atoms with E-state index in [-0.39, 0.29) is 12.0 Å². The van der Waals surface area contributed by atoms with Gasteiger partial charge < -0.3 is 27.0 Å². The van der Waals surface area contributed by atoms with Gasteiger partial charge >= 0.3 is 0 Å². The molecule has 6 N–H and O–H groups in total. The fraction of sp³-hybridized carbons (Fsp3) is 0.545. The number of fused-ring (bicyclic) bond motifs is 3. The van der Waals surface area contributed by atoms with Crippen LogP contribution in [0.3, 0.4) is 0 Å². The molecule has 2 unspecified atom stereocenters. The lowest BCUT2D eigenvalue weighted by Gasteiger charge is -2.43. The largest absolute Gasteiger partial charge is 0.402 e. The van der Waals surface area contributed by atoms with Crippen LogP contribution in [0.4, 0.5) is 11.8 Å². The lowest BCUT2D eigenvalue weighted by atomic mass is 9.76. The summed E-state index contributed by atoms with van der Waals surface area (Å²) in [7, 11) is 3.90. The van der Waals surface area contributed by atoms with Gasteiger partial charge in [0, 0.05) is 29.7 Å². The second-order valence-electron chi connectivity index (χ2n) is 9.18. The first kappa shape index (κ1) is 22.6. The van der Waals surface area contributed by atoms with Crippen LogP contribution in [0.1, 0.15) is 32.6 Å². The van der Waals surface area contributed by atoms with Crippen molar-refractivity contribution in [3.8, 4) is 0 Å². The minimum Gasteiger partial charge on any atom is -0.402 e. The summed E-state index contributed by atoms with van der Waals surface area (Å²) in [6, 6.07) is 2.86. The highest BCUT2D eigenvalue weighted by atomic mass is 32.1. The Bertz CT molecular complexity index is 1030. The Kier molecular flexibility index (Phi) is 6.73. The summed E-state index contributed by atoms with van der Waals surface area (Å²) in [5.41, 5.74) is 13.2. The van der Waals surface area contributed by atoms with E-state index >= 15 is 0 Å². The molecular formula is C22H32N8OS. The molecule has 4 rings (SSSR count). The van der Waals surface area contributed by atoms with Crippen LogP contribution in [0.2, 0.25) is 0 Å². The number of carbonyl (C=O) groups is 1. The van der Waals surface area contributed by atoms with Gasteiger partial charge in [-0.2, -0.15) is 4.98 Å². The van der Waals surface area contributed by atoms with E-state index in [1.807, 2.05) is 30.4 Å². The first-order valence-corrected chi connectivity index (χ1v) is 11.9. The number of ketones is 1. The first-order valence-electron chi connectivity index (χ1n) is 11.0. The van der Waals surface area contributed by atoms with Crippen LogP contribution in [-0.2, 0) is 4.79 Å². The smallest absolute Gasteiger partial charge is 0.225 e. The standard InChI is InChI=1S/C22H32N8OS/c1-12(23)6-19(24)28-21-20-17(4-5-32-20)27-22(29-21)26-16-9-14-7-13(8-15(10-16)25-14)18(31)11-30(2)3/h4-6,13-16,25H,7-11,23H2,1-3H3,(H3,24,26,27,28,29)/b12-6-/t13?,14-,15+,16?. The number of piperidine rings is 2. The molecule has 0 saturated carbocycles. The Morgan fingerprint density at radius 3 is 2.66 bits per heavy atom. The predicted molar refractivity (Wildman–Crippen MR) is 130 cm³/mol. The van der Waals surface area contributed by atoms with Crippen molar-refractivity contribution in [3.63, 3.8) is 0 Å². The number of nitrogens with zero attached hydrogens (tertiary/aromatic N) is 4. The average molecular weight is 457 g/mol. The Morgan fingerprint density at radius 1 is 1.28 bits per heavy atom. The minimum absolute atomic E-state index is 0.149. The molecule has 4 heterocycles. The van der Waals surface area contributed by atoms with Gasteiger partial charge in [0.2, 0.25) is 5.95 Å². The Morgan fingerprint density at radius 2 is 2.00 bits per heavy atom. The van der Waals surface area contributed by atoms with Crippen molar-refractivity contribution in [1.82, 2.24) is 20.2 Å². The molecule has 4 atom stereocenters. The summed E-state index contributed by atoms with van der Waals surface area (Å²) >= 11 is 1.54. The molecule has 9 nitrogen and oxygen atoms in total. The molecule has 32 heavy (non-hydrogen) atoms. The number of hydrogen-bond donors (Lipinski definition) is 4. The third-order valence-corrected chi connectivity index (χ3v) is 6.80. The van der Waals surface area contributed by atoms with Crippen molar-refractivity contribution in [2.45, 2.75) is 50.7 Å². The van der Waals surface area contributed by atoms with Gasteiger partial charge in [0.25, 0.3) is 0 Å². The topological polar surface area (TPSA) is 135 Å². The molecule has 2 fully saturated rings. The molecule has 2 aliphatic rings. The fourth-order valence-electron chi connectivity index (χ4n) is 4.74. The van der Waals surface area contributed by atoms with Crippen molar-refractivity contribution in [1.29, 1.82) is 0 Å². The summed E-state index contributed by atoms with van der Waals surface area (Å²) in [5, 5.41) is 9.18. The van der Waals surface area contributed by atoms with Gasteiger partial charge in [-0.3, -0.25) is 4.79 Å². The van der Waals surface area contributed by atoms with Crippen molar-refractivity contribution in [2.24, 2.45) is 22.4 Å². The summed E-state index contributed by atoms with van der Waals surface area (Å²) in [6.45, 7) is 2.29. The zero-order valence-electron chi connectivity index (χ0n) is 18.8. The van der Waals surface area contributed by atoms with Gasteiger partial charge in [0.1, 0.15) is 11.6 Å². The Balaban J connectivity index is 1.48. The highest BCUT2D eigenvalue weighted by molar-refractivity contribution is 7.17. The third kappa shape index (κ3) is 5.43. The van der Waals surface area contributed by atoms with Crippen molar-refractivity contribution >= 4 is 44.9 Å². The van der Waals surface area contributed by atoms with Crippen LogP contribution in [0, 0.1) is 5.92 Å². The lowest BCUT2D eigenvalue weighted by Crippen LogP contribution is -2.55. The molecule has 0 aromatic carbocycles. The Hall–Kier alpha value is -2.56. The van der Waals surface area contributed by atoms with Gasteiger partial charge in [-0.1, -0.05) is 0 Å². The highest BCUT2D eigenvalue weighted by Gasteiger charge is 2.38. The zero-order chi connectivity index (χ0) is 22.8. The van der Waals surface area contributed by atoms with Gasteiger partial charge in [-0.25, -0.2) is 9.98 Å². The maximum absolute atomic E-state index is 12.6. The van der Waals surface area contributed by atoms with E-state index in [9.17, 15) is 4.79 Å². The van der Waals surface area contributed by atoms with Gasteiger partial charge in [-0.15, -0.1) is 11.3 Å². The molecule has 0 radical (unpaired) electrons. The number of likely N-dealkylation sites (N-methyl/N-ethyl adjacent to an activating group) is 1. The average Bonchev–Trinajstić information content (AvgIpc) is 3.15. The van der Waals surface area contributed by atoms with Crippen LogP contribution in [0.25, 0.3) is 10.2 Å². The molecule has 172 valence electrons. The van der Waals surface area contributed by atoms with Gasteiger partial charge in [-0.05, 0) is 64.2 Å². The van der Waals surface area contributed by atoms with Crippen molar-refractivity contribution in [2.75, 3.05) is 26.0 Å². The van der Waals surface area contributed by atoms with Crippen molar-refractivity contribution < 1.29 is 4.79 Å². The second kappa shape index (κ2) is 9.51. The van der Waals surface area contributed by atoms with Crippen LogP contribution in [0.5, 0.6) is 0 Å². The van der Waals surface area contributed by atoms with E-state index in [2.05, 4.69) is 25.6 Å². The molecule has 10 heteroatoms. The number of aliphatic imine (C=N–C) groups is 1. The number of hydrogen-bond acceptors (Lipinski definition) is 9. The van der Waals surface area contributed by atoms with Crippen molar-refractivity contribution in [3.05, 3.63) is 23.2 Å². The van der Waals surface area contributed by atoms with E-state index in [1.165, 1.54) is 11.3 Å². The van der Waals surface area contributed by atoms with Crippen LogP contribution in [-0.4, -0.2) is 65.3 Å². The number of nitrogens with one attached hydrogen (secondary N) is 2. The quantitative estimate of drug-likeness (QED) is 0.367. The zero-order valence-corrected chi connectivity index (χ0v) is 19.7. The van der Waals surface area contributed by atoms with Crippen LogP contribution in [0.15, 0.2) is 28.2 Å². The number of allylic oxidation sites excluding steroid dienone is 1. The molecule has 2 bridgehead atoms. The molecule has 0 aliphatic carbocycles. The minimum atomic E-state index is 0.149. The Labute approximate surface area is 192 Å². The maximum Gasteiger partial charge on any atom is 0.225 e. The molecule has 2 aromatic rings. The first-order chi connectivity index (χ1) is 15.3. The normalized spacial score (nSPS) is 26.5. The third-order valence-electron chi connectivity index (χ3n) is 5.90. The fourth-order valence-corrected chi connectivity index (χ4v) is 5.51. The lowest BCUT2D eigenvalue weighted by molar-refractivity contribution is -0.125. The summed E-state index contributed by atoms with van der Waals surface area (Å²) in [5.74, 6) is 1.92. The van der Waals surface area contributed by atoms with Gasteiger partial charge in [0.15, 0.2) is 5.82 Å². The molecule has 2 aromatic heterocycles. The monoisotopic (exact) mass is 456 g/mol. The van der Waals surface area contributed by atoms with E-state index in [0.717, 1.165) is 35.9 Å². The number of anilines is 1. The molecule has 2 saturated heterocycles. The van der Waals surface area contributed by atoms with Crippen LogP contribution >= 0.6 is 11.3 Å². The summed E-state index contributed by atoms with van der Waals surface area (Å²) < 4.78 is 0.894.